The number of halogens is 1. The minimum absolute atomic E-state index is 0.306. The van der Waals surface area contributed by atoms with Gasteiger partial charge in [0.05, 0.1) is 21.3 Å². The van der Waals surface area contributed by atoms with Gasteiger partial charge in [-0.3, -0.25) is 4.79 Å². The van der Waals surface area contributed by atoms with E-state index in [1.165, 1.54) is 0 Å². The van der Waals surface area contributed by atoms with Crippen LogP contribution < -0.4 is 20.5 Å². The van der Waals surface area contributed by atoms with E-state index in [4.69, 9.17) is 26.8 Å². The molecule has 2 aliphatic rings. The summed E-state index contributed by atoms with van der Waals surface area (Å²) in [6, 6.07) is 17.1. The number of carbonyl (C=O) groups is 1. The molecule has 1 aliphatic heterocycles. The summed E-state index contributed by atoms with van der Waals surface area (Å²) in [6.45, 7) is 2.32. The largest absolute Gasteiger partial charge is 0.487 e. The summed E-state index contributed by atoms with van der Waals surface area (Å²) >= 11 is 8.12. The highest BCUT2D eigenvalue weighted by Crippen LogP contribution is 2.43. The Kier molecular flexibility index (Phi) is 6.44. The van der Waals surface area contributed by atoms with Crippen LogP contribution in [0.15, 0.2) is 70.9 Å². The number of carbonyl (C=O) groups excluding carboxylic acids is 1. The van der Waals surface area contributed by atoms with Gasteiger partial charge in [-0.05, 0) is 55.7 Å². The molecule has 174 valence electrons. The lowest BCUT2D eigenvalue weighted by Crippen LogP contribution is -2.18. The lowest BCUT2D eigenvalue weighted by atomic mass is 10.1. The average molecular weight is 493 g/mol. The van der Waals surface area contributed by atoms with Crippen LogP contribution >= 0.6 is 23.4 Å². The molecule has 7 heteroatoms. The van der Waals surface area contributed by atoms with Gasteiger partial charge in [0, 0.05) is 28.5 Å². The first-order valence-corrected chi connectivity index (χ1v) is 12.5. The molecule has 5 rings (SSSR count). The molecule has 0 unspecified atom stereocenters. The van der Waals surface area contributed by atoms with Gasteiger partial charge in [-0.15, -0.1) is 11.8 Å². The van der Waals surface area contributed by atoms with Crippen molar-refractivity contribution in [2.45, 2.75) is 30.4 Å². The predicted octanol–water partition coefficient (Wildman–Crippen LogP) is 6.93. The number of hydrogen-bond donors (Lipinski definition) is 2. The standard InChI is InChI=1S/C27H25ClN2O3S/c1-16-3-2-4-21(28)27(16)30-22(26(29)18-7-8-18)14-32-20-9-10-23-25(12-20)34-15-19-6-5-17(13-31)11-24(19)33-23/h2-6,9-13,18,30H,7-8,14-15,29H2,1H3/b26-22-. The molecule has 0 aromatic heterocycles. The number of aldehydes is 1. The summed E-state index contributed by atoms with van der Waals surface area (Å²) in [5.41, 5.74) is 11.7. The zero-order valence-corrected chi connectivity index (χ0v) is 20.3. The molecule has 0 radical (unpaired) electrons. The van der Waals surface area contributed by atoms with Gasteiger partial charge in [-0.2, -0.15) is 0 Å². The molecule has 0 amide bonds. The molecule has 5 nitrogen and oxygen atoms in total. The van der Waals surface area contributed by atoms with Gasteiger partial charge < -0.3 is 20.5 Å². The third kappa shape index (κ3) is 4.88. The van der Waals surface area contributed by atoms with Gasteiger partial charge in [0.15, 0.2) is 0 Å². The van der Waals surface area contributed by atoms with Gasteiger partial charge in [-0.25, -0.2) is 0 Å². The third-order valence-electron chi connectivity index (χ3n) is 5.99. The van der Waals surface area contributed by atoms with Crippen molar-refractivity contribution >= 4 is 35.3 Å². The number of allylic oxidation sites excluding steroid dienone is 1. The Balaban J connectivity index is 1.35. The fourth-order valence-electron chi connectivity index (χ4n) is 3.84. The zero-order valence-electron chi connectivity index (χ0n) is 18.8. The highest BCUT2D eigenvalue weighted by atomic mass is 35.5. The Labute approximate surface area is 208 Å². The van der Waals surface area contributed by atoms with Crippen LogP contribution in [0.3, 0.4) is 0 Å². The van der Waals surface area contributed by atoms with Crippen molar-refractivity contribution in [3.63, 3.8) is 0 Å². The molecule has 0 bridgehead atoms. The number of benzene rings is 3. The number of thioether (sulfide) groups is 1. The molecule has 34 heavy (non-hydrogen) atoms. The first-order valence-electron chi connectivity index (χ1n) is 11.2. The van der Waals surface area contributed by atoms with Gasteiger partial charge in [0.2, 0.25) is 0 Å². The average Bonchev–Trinajstić information content (AvgIpc) is 3.69. The monoisotopic (exact) mass is 492 g/mol. The van der Waals surface area contributed by atoms with Crippen LogP contribution in [-0.2, 0) is 5.75 Å². The maximum atomic E-state index is 11.1. The van der Waals surface area contributed by atoms with Gasteiger partial charge >= 0.3 is 0 Å². The molecule has 1 fully saturated rings. The first-order chi connectivity index (χ1) is 16.5. The first kappa shape index (κ1) is 22.7. The number of anilines is 1. The highest BCUT2D eigenvalue weighted by molar-refractivity contribution is 7.98. The number of para-hydroxylation sites is 1. The van der Waals surface area contributed by atoms with Crippen molar-refractivity contribution in [1.82, 2.24) is 0 Å². The molecule has 3 aromatic carbocycles. The maximum absolute atomic E-state index is 11.1. The molecular formula is C27H25ClN2O3S. The second kappa shape index (κ2) is 9.65. The summed E-state index contributed by atoms with van der Waals surface area (Å²) in [7, 11) is 0. The minimum atomic E-state index is 0.306. The molecule has 0 saturated heterocycles. The number of aryl methyl sites for hydroxylation is 1. The zero-order chi connectivity index (χ0) is 23.7. The summed E-state index contributed by atoms with van der Waals surface area (Å²) in [6.07, 6.45) is 3.02. The smallest absolute Gasteiger partial charge is 0.150 e. The molecular weight excluding hydrogens is 468 g/mol. The number of hydrogen-bond acceptors (Lipinski definition) is 6. The van der Waals surface area contributed by atoms with Gasteiger partial charge in [-0.1, -0.05) is 35.9 Å². The van der Waals surface area contributed by atoms with E-state index in [0.29, 0.717) is 28.9 Å². The van der Waals surface area contributed by atoms with E-state index >= 15 is 0 Å². The molecule has 1 heterocycles. The van der Waals surface area contributed by atoms with E-state index in [1.54, 1.807) is 17.8 Å². The number of rotatable bonds is 7. The van der Waals surface area contributed by atoms with Gasteiger partial charge in [0.1, 0.15) is 30.1 Å². The van der Waals surface area contributed by atoms with Crippen LogP contribution in [0.1, 0.15) is 34.3 Å². The molecule has 1 aliphatic carbocycles. The number of ether oxygens (including phenoxy) is 2. The second-order valence-electron chi connectivity index (χ2n) is 8.54. The fraction of sp³-hybridized carbons (Fsp3) is 0.222. The Morgan fingerprint density at radius 2 is 2.06 bits per heavy atom. The summed E-state index contributed by atoms with van der Waals surface area (Å²) in [4.78, 5) is 12.1. The van der Waals surface area contributed by atoms with E-state index in [1.807, 2.05) is 55.5 Å². The third-order valence-corrected chi connectivity index (χ3v) is 7.39. The maximum Gasteiger partial charge on any atom is 0.150 e. The van der Waals surface area contributed by atoms with Crippen LogP contribution in [-0.4, -0.2) is 12.9 Å². The number of fused-ring (bicyclic) bond motifs is 2. The fourth-order valence-corrected chi connectivity index (χ4v) is 5.11. The summed E-state index contributed by atoms with van der Waals surface area (Å²) in [5.74, 6) is 3.33. The van der Waals surface area contributed by atoms with E-state index < -0.39 is 0 Å². The quantitative estimate of drug-likeness (QED) is 0.348. The summed E-state index contributed by atoms with van der Waals surface area (Å²) in [5, 5.41) is 4.09. The Bertz CT molecular complexity index is 1270. The second-order valence-corrected chi connectivity index (χ2v) is 9.96. The molecule has 1 saturated carbocycles. The van der Waals surface area contributed by atoms with E-state index in [2.05, 4.69) is 5.32 Å². The SMILES string of the molecule is Cc1cccc(Cl)c1N/C(COc1ccc2c(c1)SCc1ccc(C=O)cc1O2)=C(\N)C1CC1. The summed E-state index contributed by atoms with van der Waals surface area (Å²) < 4.78 is 12.3. The van der Waals surface area contributed by atoms with Crippen molar-refractivity contribution in [2.75, 3.05) is 11.9 Å². The van der Waals surface area contributed by atoms with Crippen LogP contribution in [0, 0.1) is 12.8 Å². The van der Waals surface area contributed by atoms with Crippen molar-refractivity contribution in [1.29, 1.82) is 0 Å². The molecule has 3 N–H and O–H groups in total. The van der Waals surface area contributed by atoms with Gasteiger partial charge in [0.25, 0.3) is 0 Å². The lowest BCUT2D eigenvalue weighted by molar-refractivity contribution is 0.112. The van der Waals surface area contributed by atoms with E-state index in [0.717, 1.165) is 69.5 Å². The van der Waals surface area contributed by atoms with Crippen LogP contribution in [0.25, 0.3) is 0 Å². The van der Waals surface area contributed by atoms with E-state index in [-0.39, 0.29) is 0 Å². The Morgan fingerprint density at radius 3 is 2.82 bits per heavy atom. The predicted molar refractivity (Wildman–Crippen MR) is 137 cm³/mol. The normalized spacial score (nSPS) is 15.2. The number of nitrogens with two attached hydrogens (primary N) is 1. The number of nitrogens with one attached hydrogen (secondary N) is 1. The molecule has 0 atom stereocenters. The topological polar surface area (TPSA) is 73.6 Å². The van der Waals surface area contributed by atoms with Crippen molar-refractivity contribution in [3.05, 3.63) is 87.7 Å². The van der Waals surface area contributed by atoms with Crippen LogP contribution in [0.4, 0.5) is 5.69 Å². The molecule has 0 spiro atoms. The van der Waals surface area contributed by atoms with Crippen LogP contribution in [0.2, 0.25) is 5.02 Å². The van der Waals surface area contributed by atoms with E-state index in [9.17, 15) is 4.79 Å². The minimum Gasteiger partial charge on any atom is -0.487 e. The Morgan fingerprint density at radius 1 is 1.21 bits per heavy atom. The Hall–Kier alpha value is -3.09. The van der Waals surface area contributed by atoms with Crippen molar-refractivity contribution in [2.24, 2.45) is 11.7 Å². The molecule has 3 aromatic rings. The lowest BCUT2D eigenvalue weighted by Gasteiger charge is -2.18. The van der Waals surface area contributed by atoms with Crippen molar-refractivity contribution in [3.8, 4) is 17.2 Å². The highest BCUT2D eigenvalue weighted by Gasteiger charge is 2.27. The van der Waals surface area contributed by atoms with Crippen LogP contribution in [0.5, 0.6) is 17.2 Å². The van der Waals surface area contributed by atoms with Crippen molar-refractivity contribution < 1.29 is 14.3 Å².